The number of aryl methyl sites for hydroxylation is 1. The molecule has 0 saturated heterocycles. The van der Waals surface area contributed by atoms with Gasteiger partial charge in [0.15, 0.2) is 12.7 Å². The summed E-state index contributed by atoms with van der Waals surface area (Å²) in [5.74, 6) is -1.28. The Labute approximate surface area is 173 Å². The van der Waals surface area contributed by atoms with Gasteiger partial charge in [0.25, 0.3) is 5.91 Å². The topological polar surface area (TPSA) is 82.5 Å². The highest BCUT2D eigenvalue weighted by Crippen LogP contribution is 2.22. The fourth-order valence-electron chi connectivity index (χ4n) is 2.84. The lowest BCUT2D eigenvalue weighted by atomic mass is 10.3. The number of carbonyl (C=O) groups excluding carboxylic acids is 2. The number of para-hydroxylation sites is 1. The van der Waals surface area contributed by atoms with Gasteiger partial charge < -0.3 is 14.8 Å². The number of amides is 1. The van der Waals surface area contributed by atoms with Gasteiger partial charge in [0, 0.05) is 0 Å². The molecule has 0 aliphatic rings. The van der Waals surface area contributed by atoms with Gasteiger partial charge in [-0.1, -0.05) is 18.2 Å². The zero-order chi connectivity index (χ0) is 21.7. The number of esters is 1. The molecule has 2 aromatic carbocycles. The Morgan fingerprint density at radius 3 is 2.43 bits per heavy atom. The highest BCUT2D eigenvalue weighted by atomic mass is 19.1. The van der Waals surface area contributed by atoms with Crippen LogP contribution in [0, 0.1) is 19.7 Å². The van der Waals surface area contributed by atoms with Crippen molar-refractivity contribution in [2.45, 2.75) is 26.9 Å². The van der Waals surface area contributed by atoms with Crippen LogP contribution in [0.25, 0.3) is 5.69 Å². The maximum Gasteiger partial charge on any atom is 0.347 e. The third-order valence-corrected chi connectivity index (χ3v) is 4.36. The molecule has 1 N–H and O–H groups in total. The normalized spacial score (nSPS) is 11.6. The first kappa shape index (κ1) is 21.0. The number of halogens is 1. The van der Waals surface area contributed by atoms with Crippen LogP contribution in [0.1, 0.15) is 18.3 Å². The van der Waals surface area contributed by atoms with E-state index >= 15 is 0 Å². The fourth-order valence-corrected chi connectivity index (χ4v) is 2.84. The van der Waals surface area contributed by atoms with Gasteiger partial charge in [0.05, 0.1) is 22.8 Å². The Morgan fingerprint density at radius 1 is 1.10 bits per heavy atom. The maximum atomic E-state index is 12.9. The van der Waals surface area contributed by atoms with Gasteiger partial charge in [-0.25, -0.2) is 13.9 Å². The van der Waals surface area contributed by atoms with Crippen LogP contribution in [0.3, 0.4) is 0 Å². The number of hydrogen-bond acceptors (Lipinski definition) is 5. The van der Waals surface area contributed by atoms with Crippen LogP contribution in [-0.2, 0) is 14.3 Å². The molecule has 0 unspecified atom stereocenters. The van der Waals surface area contributed by atoms with E-state index in [9.17, 15) is 14.0 Å². The Kier molecular flexibility index (Phi) is 6.46. The summed E-state index contributed by atoms with van der Waals surface area (Å²) in [6.45, 7) is 4.65. The van der Waals surface area contributed by atoms with E-state index in [1.165, 1.54) is 31.2 Å². The Morgan fingerprint density at radius 2 is 1.77 bits per heavy atom. The van der Waals surface area contributed by atoms with Gasteiger partial charge in [-0.05, 0) is 57.2 Å². The van der Waals surface area contributed by atoms with Crippen molar-refractivity contribution >= 4 is 17.6 Å². The summed E-state index contributed by atoms with van der Waals surface area (Å²) in [5, 5.41) is 7.19. The number of anilines is 1. The van der Waals surface area contributed by atoms with Crippen LogP contribution in [-0.4, -0.2) is 34.4 Å². The van der Waals surface area contributed by atoms with Crippen LogP contribution in [0.15, 0.2) is 54.6 Å². The number of hydrogen-bond donors (Lipinski definition) is 1. The molecule has 0 spiro atoms. The molecular weight excluding hydrogens is 389 g/mol. The average Bonchev–Trinajstić information content (AvgIpc) is 3.02. The van der Waals surface area contributed by atoms with E-state index in [1.54, 1.807) is 11.6 Å². The largest absolute Gasteiger partial charge is 0.479 e. The lowest BCUT2D eigenvalue weighted by Crippen LogP contribution is -2.29. The van der Waals surface area contributed by atoms with Crippen LogP contribution < -0.4 is 10.1 Å². The number of ether oxygens (including phenoxy) is 2. The monoisotopic (exact) mass is 411 g/mol. The number of nitrogens with one attached hydrogen (secondary N) is 1. The van der Waals surface area contributed by atoms with Crippen molar-refractivity contribution in [1.82, 2.24) is 9.78 Å². The number of aromatic nitrogens is 2. The Bertz CT molecular complexity index is 1030. The summed E-state index contributed by atoms with van der Waals surface area (Å²) in [5.41, 5.74) is 2.84. The van der Waals surface area contributed by atoms with E-state index in [1.807, 2.05) is 37.3 Å². The quantitative estimate of drug-likeness (QED) is 0.601. The highest BCUT2D eigenvalue weighted by Gasteiger charge is 2.20. The molecule has 1 amide bonds. The summed E-state index contributed by atoms with van der Waals surface area (Å²) in [6, 6.07) is 14.8. The number of nitrogens with zero attached hydrogens (tertiary/aromatic N) is 2. The minimum Gasteiger partial charge on any atom is -0.479 e. The fraction of sp³-hybridized carbons (Fsp3) is 0.227. The van der Waals surface area contributed by atoms with E-state index < -0.39 is 30.4 Å². The van der Waals surface area contributed by atoms with Crippen LogP contribution in [0.4, 0.5) is 10.1 Å². The van der Waals surface area contributed by atoms with Crippen molar-refractivity contribution < 1.29 is 23.5 Å². The first-order valence-electron chi connectivity index (χ1n) is 9.35. The Hall–Kier alpha value is -3.68. The summed E-state index contributed by atoms with van der Waals surface area (Å²) in [7, 11) is 0. The van der Waals surface area contributed by atoms with Crippen LogP contribution in [0.5, 0.6) is 5.75 Å². The smallest absolute Gasteiger partial charge is 0.347 e. The first-order chi connectivity index (χ1) is 14.3. The summed E-state index contributed by atoms with van der Waals surface area (Å²) in [6.07, 6.45) is -0.951. The molecule has 0 aliphatic carbocycles. The molecule has 0 radical (unpaired) electrons. The van der Waals surface area contributed by atoms with Gasteiger partial charge in [-0.15, -0.1) is 0 Å². The number of benzene rings is 2. The third kappa shape index (κ3) is 5.02. The van der Waals surface area contributed by atoms with E-state index in [4.69, 9.17) is 9.47 Å². The molecule has 1 heterocycles. The minimum absolute atomic E-state index is 0.324. The van der Waals surface area contributed by atoms with Crippen molar-refractivity contribution in [1.29, 1.82) is 0 Å². The summed E-state index contributed by atoms with van der Waals surface area (Å²) >= 11 is 0. The number of rotatable bonds is 7. The molecular formula is C22H22FN3O4. The molecule has 7 nitrogen and oxygen atoms in total. The van der Waals surface area contributed by atoms with Gasteiger partial charge in [-0.2, -0.15) is 5.10 Å². The zero-order valence-corrected chi connectivity index (χ0v) is 16.9. The SMILES string of the molecule is Cc1nn(-c2ccccc2)c(C)c1NC(=O)COC(=O)[C@H](C)Oc1ccc(F)cc1. The van der Waals surface area contributed by atoms with Crippen LogP contribution >= 0.6 is 0 Å². The zero-order valence-electron chi connectivity index (χ0n) is 16.9. The van der Waals surface area contributed by atoms with Crippen molar-refractivity contribution in [2.24, 2.45) is 0 Å². The average molecular weight is 411 g/mol. The van der Waals surface area contributed by atoms with Gasteiger partial charge in [0.2, 0.25) is 0 Å². The van der Waals surface area contributed by atoms with E-state index in [-0.39, 0.29) is 0 Å². The standard InChI is InChI=1S/C22H22FN3O4/c1-14-21(15(2)26(25-14)18-7-5-4-6-8-18)24-20(27)13-29-22(28)16(3)30-19-11-9-17(23)10-12-19/h4-12,16H,13H2,1-3H3,(H,24,27)/t16-/m0/s1. The van der Waals surface area contributed by atoms with Crippen molar-refractivity contribution in [3.05, 3.63) is 71.8 Å². The second kappa shape index (κ2) is 9.21. The molecule has 1 aromatic heterocycles. The molecule has 0 saturated carbocycles. The van der Waals surface area contributed by atoms with Crippen molar-refractivity contribution in [3.63, 3.8) is 0 Å². The number of carbonyl (C=O) groups is 2. The van der Waals surface area contributed by atoms with Crippen molar-refractivity contribution in [3.8, 4) is 11.4 Å². The molecule has 30 heavy (non-hydrogen) atoms. The highest BCUT2D eigenvalue weighted by molar-refractivity contribution is 5.94. The van der Waals surface area contributed by atoms with E-state index in [0.717, 1.165) is 11.4 Å². The van der Waals surface area contributed by atoms with Gasteiger partial charge in [-0.3, -0.25) is 4.79 Å². The lowest BCUT2D eigenvalue weighted by molar-refractivity contribution is -0.153. The van der Waals surface area contributed by atoms with E-state index in [0.29, 0.717) is 17.1 Å². The van der Waals surface area contributed by atoms with Gasteiger partial charge >= 0.3 is 5.97 Å². The first-order valence-corrected chi connectivity index (χ1v) is 9.35. The second-order valence-electron chi connectivity index (χ2n) is 6.66. The maximum absolute atomic E-state index is 12.9. The summed E-state index contributed by atoms with van der Waals surface area (Å²) < 4.78 is 25.1. The molecule has 0 fully saturated rings. The van der Waals surface area contributed by atoms with Gasteiger partial charge in [0.1, 0.15) is 11.6 Å². The molecule has 1 atom stereocenters. The molecule has 3 rings (SSSR count). The molecule has 3 aromatic rings. The summed E-state index contributed by atoms with van der Waals surface area (Å²) in [4.78, 5) is 24.4. The molecule has 8 heteroatoms. The van der Waals surface area contributed by atoms with Crippen LogP contribution in [0.2, 0.25) is 0 Å². The molecule has 0 bridgehead atoms. The van der Waals surface area contributed by atoms with E-state index in [2.05, 4.69) is 10.4 Å². The lowest BCUT2D eigenvalue weighted by Gasteiger charge is -2.14. The second-order valence-corrected chi connectivity index (χ2v) is 6.66. The molecule has 156 valence electrons. The third-order valence-electron chi connectivity index (χ3n) is 4.36. The predicted molar refractivity (Wildman–Crippen MR) is 109 cm³/mol. The Balaban J connectivity index is 1.56. The van der Waals surface area contributed by atoms with Crippen molar-refractivity contribution in [2.75, 3.05) is 11.9 Å². The predicted octanol–water partition coefficient (Wildman–Crippen LogP) is 3.58. The minimum atomic E-state index is -0.951. The molecule has 0 aliphatic heterocycles.